The van der Waals surface area contributed by atoms with Crippen molar-refractivity contribution < 1.29 is 4.74 Å². The first-order valence-electron chi connectivity index (χ1n) is 7.68. The molecule has 21 heavy (non-hydrogen) atoms. The van der Waals surface area contributed by atoms with Gasteiger partial charge in [0.25, 0.3) is 0 Å². The van der Waals surface area contributed by atoms with Gasteiger partial charge in [0.15, 0.2) is 0 Å². The lowest BCUT2D eigenvalue weighted by molar-refractivity contribution is 0.176. The SMILES string of the molecule is CCCNc1nccc(OC2CCCc3ccccc32)n1. The number of ether oxygens (including phenoxy) is 1. The van der Waals surface area contributed by atoms with Crippen molar-refractivity contribution in [2.24, 2.45) is 0 Å². The highest BCUT2D eigenvalue weighted by atomic mass is 16.5. The number of benzene rings is 1. The predicted octanol–water partition coefficient (Wildman–Crippen LogP) is 3.75. The van der Waals surface area contributed by atoms with Crippen LogP contribution in [0.5, 0.6) is 5.88 Å². The number of nitrogens with zero attached hydrogens (tertiary/aromatic N) is 2. The number of nitrogens with one attached hydrogen (secondary N) is 1. The van der Waals surface area contributed by atoms with Crippen LogP contribution in [0, 0.1) is 0 Å². The molecule has 1 aromatic carbocycles. The van der Waals surface area contributed by atoms with Crippen molar-refractivity contribution in [3.63, 3.8) is 0 Å². The van der Waals surface area contributed by atoms with Crippen LogP contribution in [0.3, 0.4) is 0 Å². The molecule has 4 heteroatoms. The van der Waals surface area contributed by atoms with E-state index in [0.29, 0.717) is 11.8 Å². The summed E-state index contributed by atoms with van der Waals surface area (Å²) in [5, 5.41) is 3.19. The molecule has 0 amide bonds. The van der Waals surface area contributed by atoms with Gasteiger partial charge in [0.05, 0.1) is 0 Å². The highest BCUT2D eigenvalue weighted by molar-refractivity contribution is 5.33. The van der Waals surface area contributed by atoms with E-state index in [1.165, 1.54) is 11.1 Å². The van der Waals surface area contributed by atoms with Crippen LogP contribution in [0.2, 0.25) is 0 Å². The minimum atomic E-state index is 0.101. The second-order valence-electron chi connectivity index (χ2n) is 5.34. The molecule has 0 saturated carbocycles. The van der Waals surface area contributed by atoms with Crippen LogP contribution in [0.1, 0.15) is 43.4 Å². The number of hydrogen-bond donors (Lipinski definition) is 1. The fourth-order valence-electron chi connectivity index (χ4n) is 2.71. The number of hydrogen-bond acceptors (Lipinski definition) is 4. The Hall–Kier alpha value is -2.10. The summed E-state index contributed by atoms with van der Waals surface area (Å²) in [6.07, 6.45) is 6.23. The molecule has 0 bridgehead atoms. The Morgan fingerprint density at radius 2 is 2.19 bits per heavy atom. The molecular formula is C17H21N3O. The average Bonchev–Trinajstić information content (AvgIpc) is 2.54. The van der Waals surface area contributed by atoms with Gasteiger partial charge in [0.1, 0.15) is 6.10 Å². The molecule has 1 aliphatic rings. The fourth-order valence-corrected chi connectivity index (χ4v) is 2.71. The third kappa shape index (κ3) is 3.32. The van der Waals surface area contributed by atoms with Crippen LogP contribution in [0.25, 0.3) is 0 Å². The summed E-state index contributed by atoms with van der Waals surface area (Å²) < 4.78 is 6.11. The van der Waals surface area contributed by atoms with Crippen molar-refractivity contribution in [1.82, 2.24) is 9.97 Å². The van der Waals surface area contributed by atoms with Crippen molar-refractivity contribution >= 4 is 5.95 Å². The monoisotopic (exact) mass is 283 g/mol. The van der Waals surface area contributed by atoms with Crippen LogP contribution in [-0.2, 0) is 6.42 Å². The average molecular weight is 283 g/mol. The first-order valence-corrected chi connectivity index (χ1v) is 7.68. The van der Waals surface area contributed by atoms with E-state index in [9.17, 15) is 0 Å². The topological polar surface area (TPSA) is 47.0 Å². The Morgan fingerprint density at radius 1 is 1.29 bits per heavy atom. The Balaban J connectivity index is 1.75. The summed E-state index contributed by atoms with van der Waals surface area (Å²) in [7, 11) is 0. The van der Waals surface area contributed by atoms with Crippen LogP contribution >= 0.6 is 0 Å². The summed E-state index contributed by atoms with van der Waals surface area (Å²) >= 11 is 0. The molecule has 0 radical (unpaired) electrons. The maximum atomic E-state index is 6.11. The van der Waals surface area contributed by atoms with E-state index in [2.05, 4.69) is 46.5 Å². The van der Waals surface area contributed by atoms with Crippen molar-refractivity contribution in [2.75, 3.05) is 11.9 Å². The molecule has 1 aliphatic carbocycles. The zero-order chi connectivity index (χ0) is 14.5. The van der Waals surface area contributed by atoms with E-state index >= 15 is 0 Å². The maximum Gasteiger partial charge on any atom is 0.225 e. The van der Waals surface area contributed by atoms with E-state index in [1.807, 2.05) is 6.07 Å². The Bertz CT molecular complexity index is 600. The number of anilines is 1. The molecule has 110 valence electrons. The molecule has 3 rings (SSSR count). The third-order valence-corrected chi connectivity index (χ3v) is 3.74. The molecule has 4 nitrogen and oxygen atoms in total. The third-order valence-electron chi connectivity index (χ3n) is 3.74. The maximum absolute atomic E-state index is 6.11. The number of rotatable bonds is 5. The van der Waals surface area contributed by atoms with E-state index in [-0.39, 0.29) is 6.10 Å². The molecule has 2 aromatic rings. The highest BCUT2D eigenvalue weighted by Crippen LogP contribution is 2.32. The molecule has 0 saturated heterocycles. The van der Waals surface area contributed by atoms with Crippen LogP contribution < -0.4 is 10.1 Å². The van der Waals surface area contributed by atoms with Crippen molar-refractivity contribution in [3.8, 4) is 5.88 Å². The first kappa shape index (κ1) is 13.9. The Labute approximate surface area is 125 Å². The van der Waals surface area contributed by atoms with Crippen molar-refractivity contribution in [3.05, 3.63) is 47.7 Å². The predicted molar refractivity (Wildman–Crippen MR) is 83.6 cm³/mol. The molecule has 0 fully saturated rings. The summed E-state index contributed by atoms with van der Waals surface area (Å²) in [6, 6.07) is 10.4. The van der Waals surface area contributed by atoms with E-state index < -0.39 is 0 Å². The normalized spacial score (nSPS) is 17.1. The molecule has 1 aromatic heterocycles. The van der Waals surface area contributed by atoms with Crippen molar-refractivity contribution in [2.45, 2.75) is 38.7 Å². The zero-order valence-corrected chi connectivity index (χ0v) is 12.4. The molecule has 0 aliphatic heterocycles. The Kier molecular flexibility index (Phi) is 4.34. The number of fused-ring (bicyclic) bond motifs is 1. The molecule has 1 N–H and O–H groups in total. The largest absolute Gasteiger partial charge is 0.469 e. The summed E-state index contributed by atoms with van der Waals surface area (Å²) in [6.45, 7) is 2.99. The molecule has 1 heterocycles. The van der Waals surface area contributed by atoms with Crippen molar-refractivity contribution in [1.29, 1.82) is 0 Å². The second-order valence-corrected chi connectivity index (χ2v) is 5.34. The number of aromatic nitrogens is 2. The quantitative estimate of drug-likeness (QED) is 0.907. The van der Waals surface area contributed by atoms with Gasteiger partial charge in [-0.05, 0) is 36.8 Å². The van der Waals surface area contributed by atoms with Gasteiger partial charge in [-0.2, -0.15) is 4.98 Å². The van der Waals surface area contributed by atoms with Gasteiger partial charge in [-0.25, -0.2) is 4.98 Å². The molecule has 0 spiro atoms. The van der Waals surface area contributed by atoms with Crippen LogP contribution in [0.15, 0.2) is 36.5 Å². The van der Waals surface area contributed by atoms with Gasteiger partial charge in [-0.15, -0.1) is 0 Å². The van der Waals surface area contributed by atoms with E-state index in [1.54, 1.807) is 6.20 Å². The lowest BCUT2D eigenvalue weighted by atomic mass is 9.89. The summed E-state index contributed by atoms with van der Waals surface area (Å²) in [4.78, 5) is 8.64. The number of aryl methyl sites for hydroxylation is 1. The van der Waals surface area contributed by atoms with E-state index in [4.69, 9.17) is 4.74 Å². The van der Waals surface area contributed by atoms with Gasteiger partial charge in [-0.1, -0.05) is 31.2 Å². The minimum Gasteiger partial charge on any atom is -0.469 e. The van der Waals surface area contributed by atoms with Crippen LogP contribution in [0.4, 0.5) is 5.95 Å². The van der Waals surface area contributed by atoms with Gasteiger partial charge >= 0.3 is 0 Å². The standard InChI is InChI=1S/C17H21N3O/c1-2-11-18-17-19-12-10-16(20-17)21-15-9-5-7-13-6-3-4-8-14(13)15/h3-4,6,8,10,12,15H,2,5,7,9,11H2,1H3,(H,18,19,20). The van der Waals surface area contributed by atoms with Gasteiger partial charge in [0, 0.05) is 18.8 Å². The zero-order valence-electron chi connectivity index (χ0n) is 12.4. The smallest absolute Gasteiger partial charge is 0.225 e. The van der Waals surface area contributed by atoms with Gasteiger partial charge < -0.3 is 10.1 Å². The van der Waals surface area contributed by atoms with Gasteiger partial charge in [0.2, 0.25) is 11.8 Å². The summed E-state index contributed by atoms with van der Waals surface area (Å²) in [5.41, 5.74) is 2.69. The van der Waals surface area contributed by atoms with Crippen LogP contribution in [-0.4, -0.2) is 16.5 Å². The lowest BCUT2D eigenvalue weighted by Crippen LogP contribution is -2.16. The first-order chi connectivity index (χ1) is 10.4. The molecule has 1 unspecified atom stereocenters. The lowest BCUT2D eigenvalue weighted by Gasteiger charge is -2.25. The Morgan fingerprint density at radius 3 is 3.10 bits per heavy atom. The minimum absolute atomic E-state index is 0.101. The second kappa shape index (κ2) is 6.57. The fraction of sp³-hybridized carbons (Fsp3) is 0.412. The van der Waals surface area contributed by atoms with E-state index in [0.717, 1.165) is 32.2 Å². The van der Waals surface area contributed by atoms with Gasteiger partial charge in [-0.3, -0.25) is 0 Å². The highest BCUT2D eigenvalue weighted by Gasteiger charge is 2.21. The molecular weight excluding hydrogens is 262 g/mol. The summed E-state index contributed by atoms with van der Waals surface area (Å²) in [5.74, 6) is 1.28. The molecule has 1 atom stereocenters.